The summed E-state index contributed by atoms with van der Waals surface area (Å²) < 4.78 is 0. The minimum Gasteiger partial charge on any atom is -0.481 e. The average molecular weight is 237 g/mol. The van der Waals surface area contributed by atoms with Crippen LogP contribution in [0.3, 0.4) is 0 Å². The van der Waals surface area contributed by atoms with Gasteiger partial charge in [-0.2, -0.15) is 0 Å². The van der Waals surface area contributed by atoms with Crippen molar-refractivity contribution in [3.05, 3.63) is 0 Å². The number of carbonyl (C=O) groups excluding carboxylic acids is 1. The summed E-state index contributed by atoms with van der Waals surface area (Å²) in [6, 6.07) is -0.124. The third kappa shape index (κ3) is 2.17. The summed E-state index contributed by atoms with van der Waals surface area (Å²) in [6.45, 7) is 0. The first-order valence-electron chi connectivity index (χ1n) is 6.69. The van der Waals surface area contributed by atoms with Crippen LogP contribution in [0.1, 0.15) is 38.5 Å². The Morgan fingerprint density at radius 2 is 1.82 bits per heavy atom. The fourth-order valence-corrected chi connectivity index (χ4v) is 3.51. The van der Waals surface area contributed by atoms with Crippen LogP contribution in [0, 0.1) is 23.7 Å². The van der Waals surface area contributed by atoms with Gasteiger partial charge >= 0.3 is 5.97 Å². The molecule has 94 valence electrons. The van der Waals surface area contributed by atoms with Gasteiger partial charge in [0.05, 0.1) is 6.42 Å². The molecule has 4 heteroatoms. The molecule has 3 atom stereocenters. The number of rotatable bonds is 5. The second kappa shape index (κ2) is 4.00. The molecule has 0 aliphatic heterocycles. The van der Waals surface area contributed by atoms with Crippen LogP contribution in [0.25, 0.3) is 0 Å². The number of hydrogen-bond donors (Lipinski definition) is 2. The smallest absolute Gasteiger partial charge is 0.305 e. The summed E-state index contributed by atoms with van der Waals surface area (Å²) in [7, 11) is 0. The summed E-state index contributed by atoms with van der Waals surface area (Å²) in [5.41, 5.74) is 0. The molecular weight excluding hydrogens is 218 g/mol. The molecule has 0 aromatic rings. The standard InChI is InChI=1S/C13H19NO3/c15-11(16)6-10(7-4-5-7)14-13(17)12-8-2-1-3-9(8)12/h7-10,12H,1-6H2,(H,14,17)(H,15,16). The van der Waals surface area contributed by atoms with Gasteiger partial charge in [0.2, 0.25) is 5.91 Å². The van der Waals surface area contributed by atoms with Crippen molar-refractivity contribution in [2.75, 3.05) is 0 Å². The van der Waals surface area contributed by atoms with Crippen molar-refractivity contribution in [1.82, 2.24) is 5.32 Å². The maximum atomic E-state index is 12.0. The van der Waals surface area contributed by atoms with Gasteiger partial charge < -0.3 is 10.4 Å². The van der Waals surface area contributed by atoms with Crippen LogP contribution in [-0.2, 0) is 9.59 Å². The Balaban J connectivity index is 1.54. The molecular formula is C13H19NO3. The topological polar surface area (TPSA) is 66.4 Å². The number of aliphatic carboxylic acids is 1. The molecule has 0 radical (unpaired) electrons. The summed E-state index contributed by atoms with van der Waals surface area (Å²) in [4.78, 5) is 22.8. The first-order chi connectivity index (χ1) is 8.16. The van der Waals surface area contributed by atoms with Crippen LogP contribution in [0.2, 0.25) is 0 Å². The van der Waals surface area contributed by atoms with Crippen LogP contribution in [0.15, 0.2) is 0 Å². The Hall–Kier alpha value is -1.06. The number of carboxylic acids is 1. The maximum Gasteiger partial charge on any atom is 0.305 e. The molecule has 2 N–H and O–H groups in total. The zero-order valence-corrected chi connectivity index (χ0v) is 9.89. The molecule has 3 rings (SSSR count). The fraction of sp³-hybridized carbons (Fsp3) is 0.846. The second-order valence-corrected chi connectivity index (χ2v) is 5.83. The highest BCUT2D eigenvalue weighted by molar-refractivity contribution is 5.83. The zero-order chi connectivity index (χ0) is 12.0. The van der Waals surface area contributed by atoms with Gasteiger partial charge in [0, 0.05) is 12.0 Å². The second-order valence-electron chi connectivity index (χ2n) is 5.83. The number of carbonyl (C=O) groups is 2. The van der Waals surface area contributed by atoms with E-state index in [0.717, 1.165) is 12.8 Å². The van der Waals surface area contributed by atoms with E-state index in [1.165, 1.54) is 19.3 Å². The van der Waals surface area contributed by atoms with Crippen LogP contribution in [0.5, 0.6) is 0 Å². The summed E-state index contributed by atoms with van der Waals surface area (Å²) in [5, 5.41) is 11.8. The quantitative estimate of drug-likeness (QED) is 0.759. The van der Waals surface area contributed by atoms with Gasteiger partial charge in [-0.25, -0.2) is 0 Å². The Morgan fingerprint density at radius 1 is 1.18 bits per heavy atom. The van der Waals surface area contributed by atoms with E-state index in [4.69, 9.17) is 5.11 Å². The summed E-state index contributed by atoms with van der Waals surface area (Å²) >= 11 is 0. The molecule has 0 heterocycles. The van der Waals surface area contributed by atoms with Crippen molar-refractivity contribution < 1.29 is 14.7 Å². The molecule has 0 saturated heterocycles. The lowest BCUT2D eigenvalue weighted by Gasteiger charge is -2.16. The number of amides is 1. The van der Waals surface area contributed by atoms with Crippen LogP contribution >= 0.6 is 0 Å². The lowest BCUT2D eigenvalue weighted by atomic mass is 10.1. The van der Waals surface area contributed by atoms with Crippen molar-refractivity contribution >= 4 is 11.9 Å². The molecule has 4 nitrogen and oxygen atoms in total. The van der Waals surface area contributed by atoms with Gasteiger partial charge in [0.15, 0.2) is 0 Å². The number of hydrogen-bond acceptors (Lipinski definition) is 2. The molecule has 3 aliphatic rings. The molecule has 0 spiro atoms. The maximum absolute atomic E-state index is 12.0. The first-order valence-corrected chi connectivity index (χ1v) is 6.69. The van der Waals surface area contributed by atoms with E-state index < -0.39 is 5.97 Å². The highest BCUT2D eigenvalue weighted by Gasteiger charge is 2.56. The van der Waals surface area contributed by atoms with E-state index in [-0.39, 0.29) is 24.3 Å². The summed E-state index contributed by atoms with van der Waals surface area (Å²) in [5.74, 6) is 1.16. The molecule has 3 aliphatic carbocycles. The van der Waals surface area contributed by atoms with E-state index >= 15 is 0 Å². The van der Waals surface area contributed by atoms with Gasteiger partial charge in [0.25, 0.3) is 0 Å². The normalized spacial score (nSPS) is 36.1. The fourth-order valence-electron chi connectivity index (χ4n) is 3.51. The Labute approximate surface area is 101 Å². The largest absolute Gasteiger partial charge is 0.481 e. The van der Waals surface area contributed by atoms with Crippen molar-refractivity contribution in [3.63, 3.8) is 0 Å². The lowest BCUT2D eigenvalue weighted by molar-refractivity contribution is -0.138. The molecule has 17 heavy (non-hydrogen) atoms. The van der Waals surface area contributed by atoms with Crippen molar-refractivity contribution in [1.29, 1.82) is 0 Å². The molecule has 0 aromatic carbocycles. The first kappa shape index (κ1) is 11.1. The predicted octanol–water partition coefficient (Wildman–Crippen LogP) is 1.40. The van der Waals surface area contributed by atoms with Crippen molar-refractivity contribution in [2.45, 2.75) is 44.6 Å². The zero-order valence-electron chi connectivity index (χ0n) is 9.89. The Kier molecular flexibility index (Phi) is 2.60. The summed E-state index contributed by atoms with van der Waals surface area (Å²) in [6.07, 6.45) is 5.86. The minimum absolute atomic E-state index is 0.0818. The predicted molar refractivity (Wildman–Crippen MR) is 61.2 cm³/mol. The SMILES string of the molecule is O=C(O)CC(NC(=O)C1C2CCCC21)C1CC1. The average Bonchev–Trinajstić information content (AvgIpc) is 3.16. The van der Waals surface area contributed by atoms with Gasteiger partial charge in [-0.1, -0.05) is 6.42 Å². The van der Waals surface area contributed by atoms with Crippen LogP contribution < -0.4 is 5.32 Å². The third-order valence-electron chi connectivity index (χ3n) is 4.62. The van der Waals surface area contributed by atoms with E-state index in [9.17, 15) is 9.59 Å². The van der Waals surface area contributed by atoms with E-state index in [1.54, 1.807) is 0 Å². The molecule has 0 aromatic heterocycles. The Morgan fingerprint density at radius 3 is 2.35 bits per heavy atom. The minimum atomic E-state index is -0.807. The highest BCUT2D eigenvalue weighted by atomic mass is 16.4. The molecule has 1 amide bonds. The monoisotopic (exact) mass is 237 g/mol. The van der Waals surface area contributed by atoms with Crippen LogP contribution in [0.4, 0.5) is 0 Å². The van der Waals surface area contributed by atoms with Gasteiger partial charge in [-0.15, -0.1) is 0 Å². The van der Waals surface area contributed by atoms with Gasteiger partial charge in [0.1, 0.15) is 0 Å². The van der Waals surface area contributed by atoms with E-state index in [0.29, 0.717) is 17.8 Å². The molecule has 0 bridgehead atoms. The number of fused-ring (bicyclic) bond motifs is 1. The third-order valence-corrected chi connectivity index (χ3v) is 4.62. The molecule has 3 fully saturated rings. The van der Waals surface area contributed by atoms with E-state index in [2.05, 4.69) is 5.32 Å². The number of nitrogens with one attached hydrogen (secondary N) is 1. The highest BCUT2D eigenvalue weighted by Crippen LogP contribution is 2.57. The van der Waals surface area contributed by atoms with Gasteiger partial charge in [-0.05, 0) is 43.4 Å². The van der Waals surface area contributed by atoms with Crippen molar-refractivity contribution in [2.24, 2.45) is 23.7 Å². The lowest BCUT2D eigenvalue weighted by Crippen LogP contribution is -2.39. The Bertz CT molecular complexity index is 341. The van der Waals surface area contributed by atoms with Gasteiger partial charge in [-0.3, -0.25) is 9.59 Å². The molecule has 3 unspecified atom stereocenters. The molecule has 3 saturated carbocycles. The van der Waals surface area contributed by atoms with Crippen molar-refractivity contribution in [3.8, 4) is 0 Å². The number of carboxylic acid groups (broad SMARTS) is 1. The van der Waals surface area contributed by atoms with E-state index in [1.807, 2.05) is 0 Å². The van der Waals surface area contributed by atoms with Crippen LogP contribution in [-0.4, -0.2) is 23.0 Å².